The van der Waals surface area contributed by atoms with Gasteiger partial charge in [-0.05, 0) is 98.1 Å². The van der Waals surface area contributed by atoms with Gasteiger partial charge in [-0.2, -0.15) is 0 Å². The van der Waals surface area contributed by atoms with Crippen molar-refractivity contribution in [3.63, 3.8) is 0 Å². The predicted molar refractivity (Wildman–Crippen MR) is 195 cm³/mol. The first kappa shape index (κ1) is 22.8. The van der Waals surface area contributed by atoms with E-state index in [2.05, 4.69) is 122 Å². The highest BCUT2D eigenvalue weighted by atomic mass is 15.1. The molecule has 0 fully saturated rings. The largest absolute Gasteiger partial charge is 0.311 e. The highest BCUT2D eigenvalue weighted by Crippen LogP contribution is 2.49. The summed E-state index contributed by atoms with van der Waals surface area (Å²) in [6, 6.07) is 48.9. The lowest BCUT2D eigenvalue weighted by atomic mass is 9.81. The molecule has 0 bridgehead atoms. The van der Waals surface area contributed by atoms with Crippen LogP contribution in [0.15, 0.2) is 176 Å². The normalized spacial score (nSPS) is 14.3. The maximum Gasteiger partial charge on any atom is 0.0629 e. The molecule has 220 valence electrons. The van der Waals surface area contributed by atoms with E-state index in [0.717, 1.165) is 33.8 Å². The molecule has 0 unspecified atom stereocenters. The summed E-state index contributed by atoms with van der Waals surface area (Å²) in [5, 5.41) is 0. The summed E-state index contributed by atoms with van der Waals surface area (Å²) in [5.74, 6) is 0. The average molecular weight is 595 g/mol. The van der Waals surface area contributed by atoms with Crippen molar-refractivity contribution in [3.8, 4) is 44.5 Å². The number of hydrogen-bond acceptors (Lipinski definition) is 1. The van der Waals surface area contributed by atoms with Crippen LogP contribution in [0, 0.1) is 0 Å². The standard InChI is InChI=1S/C45H35N/c1-45(2)43-16-10-9-15-41(43)42-30-23-37(31-44(42)45)36-21-28-40(29-22-36)46(38-24-17-34(18-25-38)32-11-5-3-6-12-32)39-26-19-35(20-27-39)33-13-7-4-8-14-33/h3-31H,1-2H3/i3D,5D,6D,11D,12D. The second kappa shape index (κ2) is 11.4. The summed E-state index contributed by atoms with van der Waals surface area (Å²) in [5.41, 5.74) is 13.4. The topological polar surface area (TPSA) is 3.24 Å². The molecule has 0 saturated carbocycles. The van der Waals surface area contributed by atoms with E-state index in [9.17, 15) is 0 Å². The summed E-state index contributed by atoms with van der Waals surface area (Å²) >= 11 is 0. The maximum atomic E-state index is 8.48. The van der Waals surface area contributed by atoms with Crippen LogP contribution in [-0.4, -0.2) is 0 Å². The molecule has 0 saturated heterocycles. The SMILES string of the molecule is [2H]c1c([2H])c([2H])c(-c2ccc(N(c3ccc(-c4ccccc4)cc3)c3ccc(-c4ccc5c(c4)C(C)(C)c4ccccc4-5)cc3)cc2)c([2H])c1[2H]. The van der Waals surface area contributed by atoms with Gasteiger partial charge in [0.15, 0.2) is 0 Å². The zero-order chi connectivity index (χ0) is 35.4. The van der Waals surface area contributed by atoms with Crippen LogP contribution in [0.25, 0.3) is 44.5 Å². The molecule has 1 aliphatic carbocycles. The van der Waals surface area contributed by atoms with Gasteiger partial charge in [0.05, 0.1) is 6.85 Å². The Kier molecular flexibility index (Phi) is 5.63. The van der Waals surface area contributed by atoms with Crippen molar-refractivity contribution in [2.24, 2.45) is 0 Å². The minimum absolute atomic E-state index is 0.0775. The quantitative estimate of drug-likeness (QED) is 0.185. The van der Waals surface area contributed by atoms with E-state index in [0.29, 0.717) is 5.56 Å². The van der Waals surface area contributed by atoms with E-state index < -0.39 is 6.04 Å². The van der Waals surface area contributed by atoms with Gasteiger partial charge in [-0.25, -0.2) is 0 Å². The molecule has 0 radical (unpaired) electrons. The molecule has 46 heavy (non-hydrogen) atoms. The maximum absolute atomic E-state index is 8.48. The molecule has 0 atom stereocenters. The second-order valence-electron chi connectivity index (χ2n) is 12.3. The van der Waals surface area contributed by atoms with Crippen LogP contribution in [0.5, 0.6) is 0 Å². The molecular formula is C45H35N. The van der Waals surface area contributed by atoms with Crippen molar-refractivity contribution in [1.29, 1.82) is 0 Å². The van der Waals surface area contributed by atoms with Gasteiger partial charge >= 0.3 is 0 Å². The minimum Gasteiger partial charge on any atom is -0.311 e. The molecule has 0 N–H and O–H groups in total. The molecule has 8 rings (SSSR count). The van der Waals surface area contributed by atoms with Crippen LogP contribution in [-0.2, 0) is 5.41 Å². The molecule has 1 aliphatic rings. The molecule has 0 aromatic heterocycles. The summed E-state index contributed by atoms with van der Waals surface area (Å²) in [7, 11) is 0. The molecule has 0 amide bonds. The lowest BCUT2D eigenvalue weighted by Gasteiger charge is -2.26. The second-order valence-corrected chi connectivity index (χ2v) is 12.3. The van der Waals surface area contributed by atoms with E-state index >= 15 is 0 Å². The van der Waals surface area contributed by atoms with Crippen LogP contribution < -0.4 is 4.90 Å². The fourth-order valence-electron chi connectivity index (χ4n) is 6.74. The van der Waals surface area contributed by atoms with E-state index in [4.69, 9.17) is 6.85 Å². The zero-order valence-corrected chi connectivity index (χ0v) is 25.8. The van der Waals surface area contributed by atoms with Crippen LogP contribution >= 0.6 is 0 Å². The third-order valence-electron chi connectivity index (χ3n) is 9.19. The minimum atomic E-state index is -0.396. The Morgan fingerprint density at radius 1 is 0.413 bits per heavy atom. The first-order valence-electron chi connectivity index (χ1n) is 18.1. The lowest BCUT2D eigenvalue weighted by Crippen LogP contribution is -2.14. The zero-order valence-electron chi connectivity index (χ0n) is 30.8. The predicted octanol–water partition coefficient (Wildman–Crippen LogP) is 12.5. The number of anilines is 3. The molecule has 0 spiro atoms. The average Bonchev–Trinajstić information content (AvgIpc) is 3.40. The number of hydrogen-bond donors (Lipinski definition) is 0. The van der Waals surface area contributed by atoms with Crippen LogP contribution in [0.4, 0.5) is 17.1 Å². The van der Waals surface area contributed by atoms with Gasteiger partial charge in [-0.3, -0.25) is 0 Å². The van der Waals surface area contributed by atoms with Crippen molar-refractivity contribution < 1.29 is 6.85 Å². The summed E-state index contributed by atoms with van der Waals surface area (Å²) in [4.78, 5) is 2.17. The van der Waals surface area contributed by atoms with Crippen molar-refractivity contribution in [2.45, 2.75) is 19.3 Å². The van der Waals surface area contributed by atoms with Crippen molar-refractivity contribution in [2.75, 3.05) is 4.90 Å². The van der Waals surface area contributed by atoms with Crippen LogP contribution in [0.1, 0.15) is 31.8 Å². The van der Waals surface area contributed by atoms with Gasteiger partial charge in [-0.1, -0.05) is 147 Å². The highest BCUT2D eigenvalue weighted by Gasteiger charge is 2.35. The summed E-state index contributed by atoms with van der Waals surface area (Å²) < 4.78 is 41.2. The number of rotatable bonds is 6. The first-order valence-corrected chi connectivity index (χ1v) is 15.6. The Bertz CT molecular complexity index is 2390. The van der Waals surface area contributed by atoms with Gasteiger partial charge in [-0.15, -0.1) is 0 Å². The third kappa shape index (κ3) is 4.91. The molecule has 0 aliphatic heterocycles. The van der Waals surface area contributed by atoms with Crippen LogP contribution in [0.2, 0.25) is 0 Å². The lowest BCUT2D eigenvalue weighted by molar-refractivity contribution is 0.660. The van der Waals surface area contributed by atoms with Gasteiger partial charge < -0.3 is 4.90 Å². The molecule has 1 nitrogen and oxygen atoms in total. The van der Waals surface area contributed by atoms with Gasteiger partial charge in [0.2, 0.25) is 0 Å². The summed E-state index contributed by atoms with van der Waals surface area (Å²) in [6.07, 6.45) is 0. The van der Waals surface area contributed by atoms with E-state index in [1.54, 1.807) is 0 Å². The molecule has 0 heterocycles. The number of benzene rings is 7. The Hall–Kier alpha value is -5.66. The van der Waals surface area contributed by atoms with E-state index in [1.165, 1.54) is 27.8 Å². The monoisotopic (exact) mass is 594 g/mol. The molecule has 1 heteroatoms. The van der Waals surface area contributed by atoms with Crippen molar-refractivity contribution in [3.05, 3.63) is 187 Å². The molecular weight excluding hydrogens is 555 g/mol. The van der Waals surface area contributed by atoms with Gasteiger partial charge in [0.1, 0.15) is 0 Å². The number of nitrogens with zero attached hydrogens (tertiary/aromatic N) is 1. The van der Waals surface area contributed by atoms with Crippen molar-refractivity contribution >= 4 is 17.1 Å². The fraction of sp³-hybridized carbons (Fsp3) is 0.0667. The Morgan fingerprint density at radius 2 is 0.870 bits per heavy atom. The molecule has 7 aromatic rings. The third-order valence-corrected chi connectivity index (χ3v) is 9.19. The highest BCUT2D eigenvalue weighted by molar-refractivity contribution is 5.85. The summed E-state index contributed by atoms with van der Waals surface area (Å²) in [6.45, 7) is 4.60. The van der Waals surface area contributed by atoms with E-state index in [-0.39, 0.29) is 35.1 Å². The van der Waals surface area contributed by atoms with Crippen molar-refractivity contribution in [1.82, 2.24) is 0 Å². The van der Waals surface area contributed by atoms with Crippen LogP contribution in [0.3, 0.4) is 0 Å². The Balaban J connectivity index is 1.18. The van der Waals surface area contributed by atoms with Gasteiger partial charge in [0.25, 0.3) is 0 Å². The smallest absolute Gasteiger partial charge is 0.0629 e. The molecule has 7 aromatic carbocycles. The fourth-order valence-corrected chi connectivity index (χ4v) is 6.74. The van der Waals surface area contributed by atoms with Gasteiger partial charge in [0, 0.05) is 22.5 Å². The number of fused-ring (bicyclic) bond motifs is 3. The first-order chi connectivity index (χ1) is 24.6. The van der Waals surface area contributed by atoms with E-state index in [1.807, 2.05) is 42.5 Å². The Labute approximate surface area is 279 Å². The Morgan fingerprint density at radius 3 is 1.48 bits per heavy atom.